The molecule has 0 spiro atoms. The minimum atomic E-state index is 0.477. The predicted molar refractivity (Wildman–Crippen MR) is 71.3 cm³/mol. The molecular weight excluding hydrogens is 212 g/mol. The Morgan fingerprint density at radius 3 is 2.88 bits per heavy atom. The largest absolute Gasteiger partial charge is 0.380 e. The van der Waals surface area contributed by atoms with Crippen LogP contribution in [-0.4, -0.2) is 50.3 Å². The molecular formula is C14H28N2O. The maximum absolute atomic E-state index is 5.39. The molecule has 0 aromatic rings. The Morgan fingerprint density at radius 1 is 1.29 bits per heavy atom. The lowest BCUT2D eigenvalue weighted by atomic mass is 9.87. The molecule has 1 N–H and O–H groups in total. The van der Waals surface area contributed by atoms with Gasteiger partial charge in [-0.3, -0.25) is 4.90 Å². The average molecular weight is 240 g/mol. The highest BCUT2D eigenvalue weighted by Gasteiger charge is 2.22. The molecule has 100 valence electrons. The zero-order valence-corrected chi connectivity index (χ0v) is 11.5. The van der Waals surface area contributed by atoms with Crippen LogP contribution < -0.4 is 5.32 Å². The first kappa shape index (κ1) is 13.3. The van der Waals surface area contributed by atoms with Gasteiger partial charge in [-0.25, -0.2) is 0 Å². The van der Waals surface area contributed by atoms with Crippen molar-refractivity contribution >= 4 is 0 Å². The molecule has 3 unspecified atom stereocenters. The summed E-state index contributed by atoms with van der Waals surface area (Å²) in [4.78, 5) is 2.52. The highest BCUT2D eigenvalue weighted by Crippen LogP contribution is 2.23. The molecule has 3 nitrogen and oxygen atoms in total. The number of rotatable bonds is 5. The zero-order valence-electron chi connectivity index (χ0n) is 11.5. The van der Waals surface area contributed by atoms with Crippen molar-refractivity contribution in [3.8, 4) is 0 Å². The summed E-state index contributed by atoms with van der Waals surface area (Å²) >= 11 is 0. The highest BCUT2D eigenvalue weighted by molar-refractivity contribution is 4.79. The van der Waals surface area contributed by atoms with Crippen molar-refractivity contribution < 1.29 is 4.74 Å². The number of methoxy groups -OCH3 is 1. The van der Waals surface area contributed by atoms with Crippen LogP contribution in [-0.2, 0) is 4.74 Å². The lowest BCUT2D eigenvalue weighted by Gasteiger charge is -2.28. The molecule has 1 aliphatic heterocycles. The molecule has 0 aromatic carbocycles. The van der Waals surface area contributed by atoms with E-state index in [1.54, 1.807) is 0 Å². The summed E-state index contributed by atoms with van der Waals surface area (Å²) in [6.45, 7) is 7.05. The van der Waals surface area contributed by atoms with Crippen molar-refractivity contribution in [2.24, 2.45) is 5.92 Å². The Morgan fingerprint density at radius 2 is 2.18 bits per heavy atom. The molecule has 3 atom stereocenters. The van der Waals surface area contributed by atoms with Crippen molar-refractivity contribution in [3.05, 3.63) is 0 Å². The van der Waals surface area contributed by atoms with Crippen LogP contribution in [0.4, 0.5) is 0 Å². The Labute approximate surface area is 106 Å². The molecule has 1 saturated heterocycles. The topological polar surface area (TPSA) is 24.5 Å². The van der Waals surface area contributed by atoms with E-state index in [-0.39, 0.29) is 0 Å². The van der Waals surface area contributed by atoms with Gasteiger partial charge >= 0.3 is 0 Å². The first-order chi connectivity index (χ1) is 8.28. The van der Waals surface area contributed by atoms with E-state index in [4.69, 9.17) is 4.74 Å². The molecule has 0 radical (unpaired) electrons. The molecule has 2 aliphatic rings. The van der Waals surface area contributed by atoms with Crippen molar-refractivity contribution in [2.45, 2.75) is 51.2 Å². The van der Waals surface area contributed by atoms with Gasteiger partial charge < -0.3 is 10.1 Å². The van der Waals surface area contributed by atoms with E-state index in [1.165, 1.54) is 45.2 Å². The highest BCUT2D eigenvalue weighted by atomic mass is 16.5. The second-order valence-corrected chi connectivity index (χ2v) is 5.87. The predicted octanol–water partition coefficient (Wildman–Crippen LogP) is 1.88. The lowest BCUT2D eigenvalue weighted by molar-refractivity contribution is 0.108. The molecule has 2 rings (SSSR count). The maximum atomic E-state index is 5.39. The average Bonchev–Trinajstić information content (AvgIpc) is 2.77. The number of ether oxygens (including phenoxy) is 1. The number of hydrogen-bond donors (Lipinski definition) is 1. The van der Waals surface area contributed by atoms with Crippen LogP contribution >= 0.6 is 0 Å². The zero-order chi connectivity index (χ0) is 12.1. The summed E-state index contributed by atoms with van der Waals surface area (Å²) in [5.41, 5.74) is 0. The van der Waals surface area contributed by atoms with Gasteiger partial charge in [0, 0.05) is 39.3 Å². The maximum Gasteiger partial charge on any atom is 0.0710 e. The van der Waals surface area contributed by atoms with Crippen molar-refractivity contribution in [1.29, 1.82) is 0 Å². The molecule has 0 amide bonds. The van der Waals surface area contributed by atoms with Gasteiger partial charge in [0.2, 0.25) is 0 Å². The SMILES string of the molecule is COC1CCN(CCNC2CCCC(C)C2)C1. The summed E-state index contributed by atoms with van der Waals surface area (Å²) in [5, 5.41) is 3.73. The van der Waals surface area contributed by atoms with Crippen LogP contribution in [0.15, 0.2) is 0 Å². The normalized spacial score (nSPS) is 35.3. The number of nitrogens with zero attached hydrogens (tertiary/aromatic N) is 1. The van der Waals surface area contributed by atoms with Gasteiger partial charge in [-0.2, -0.15) is 0 Å². The van der Waals surface area contributed by atoms with Gasteiger partial charge in [0.25, 0.3) is 0 Å². The van der Waals surface area contributed by atoms with E-state index in [2.05, 4.69) is 17.1 Å². The van der Waals surface area contributed by atoms with E-state index in [1.807, 2.05) is 7.11 Å². The first-order valence-electron chi connectivity index (χ1n) is 7.26. The fraction of sp³-hybridized carbons (Fsp3) is 1.00. The first-order valence-corrected chi connectivity index (χ1v) is 7.26. The van der Waals surface area contributed by atoms with E-state index in [9.17, 15) is 0 Å². The van der Waals surface area contributed by atoms with Gasteiger partial charge in [-0.05, 0) is 25.2 Å². The Kier molecular flexibility index (Phi) is 5.26. The monoisotopic (exact) mass is 240 g/mol. The molecule has 0 bridgehead atoms. The van der Waals surface area contributed by atoms with Gasteiger partial charge in [0.05, 0.1) is 6.10 Å². The summed E-state index contributed by atoms with van der Waals surface area (Å²) in [7, 11) is 1.83. The van der Waals surface area contributed by atoms with E-state index in [0.717, 1.165) is 25.0 Å². The van der Waals surface area contributed by atoms with Crippen molar-refractivity contribution in [3.63, 3.8) is 0 Å². The summed E-state index contributed by atoms with van der Waals surface area (Å²) in [6, 6.07) is 0.777. The minimum absolute atomic E-state index is 0.477. The van der Waals surface area contributed by atoms with Crippen LogP contribution in [0, 0.1) is 5.92 Å². The Bertz CT molecular complexity index is 222. The number of likely N-dealkylation sites (tertiary alicyclic amines) is 1. The number of hydrogen-bond acceptors (Lipinski definition) is 3. The smallest absolute Gasteiger partial charge is 0.0710 e. The standard InChI is InChI=1S/C14H28N2O/c1-12-4-3-5-13(10-12)15-7-9-16-8-6-14(11-16)17-2/h12-15H,3-11H2,1-2H3. The van der Waals surface area contributed by atoms with E-state index < -0.39 is 0 Å². The lowest BCUT2D eigenvalue weighted by Crippen LogP contribution is -2.39. The quantitative estimate of drug-likeness (QED) is 0.794. The molecule has 1 heterocycles. The third-order valence-corrected chi connectivity index (χ3v) is 4.36. The van der Waals surface area contributed by atoms with Crippen LogP contribution in [0.3, 0.4) is 0 Å². The van der Waals surface area contributed by atoms with Crippen molar-refractivity contribution in [1.82, 2.24) is 10.2 Å². The molecule has 17 heavy (non-hydrogen) atoms. The van der Waals surface area contributed by atoms with Crippen LogP contribution in [0.2, 0.25) is 0 Å². The van der Waals surface area contributed by atoms with Crippen LogP contribution in [0.25, 0.3) is 0 Å². The van der Waals surface area contributed by atoms with Crippen LogP contribution in [0.1, 0.15) is 39.0 Å². The van der Waals surface area contributed by atoms with E-state index in [0.29, 0.717) is 6.10 Å². The third-order valence-electron chi connectivity index (χ3n) is 4.36. The summed E-state index contributed by atoms with van der Waals surface area (Å²) < 4.78 is 5.39. The van der Waals surface area contributed by atoms with Crippen LogP contribution in [0.5, 0.6) is 0 Å². The molecule has 1 saturated carbocycles. The molecule has 3 heteroatoms. The second kappa shape index (κ2) is 6.72. The van der Waals surface area contributed by atoms with Crippen molar-refractivity contribution in [2.75, 3.05) is 33.3 Å². The fourth-order valence-corrected chi connectivity index (χ4v) is 3.24. The fourth-order valence-electron chi connectivity index (χ4n) is 3.24. The van der Waals surface area contributed by atoms with Gasteiger partial charge in [-0.1, -0.05) is 19.8 Å². The van der Waals surface area contributed by atoms with Gasteiger partial charge in [0.15, 0.2) is 0 Å². The number of nitrogens with one attached hydrogen (secondary N) is 1. The Hall–Kier alpha value is -0.120. The molecule has 2 fully saturated rings. The molecule has 1 aliphatic carbocycles. The van der Waals surface area contributed by atoms with Gasteiger partial charge in [0.1, 0.15) is 0 Å². The summed E-state index contributed by atoms with van der Waals surface area (Å²) in [6.07, 6.45) is 7.28. The second-order valence-electron chi connectivity index (χ2n) is 5.87. The minimum Gasteiger partial charge on any atom is -0.380 e. The van der Waals surface area contributed by atoms with E-state index >= 15 is 0 Å². The third kappa shape index (κ3) is 4.23. The summed E-state index contributed by atoms with van der Waals surface area (Å²) in [5.74, 6) is 0.922. The van der Waals surface area contributed by atoms with Gasteiger partial charge in [-0.15, -0.1) is 0 Å². The Balaban J connectivity index is 1.57. The molecule has 0 aromatic heterocycles.